The maximum Gasteiger partial charge on any atom is 0.253 e. The predicted octanol–water partition coefficient (Wildman–Crippen LogP) is 2.38. The van der Waals surface area contributed by atoms with Crippen LogP contribution in [0.5, 0.6) is 0 Å². The number of carbonyl (C=O) groups excluding carboxylic acids is 2. The van der Waals surface area contributed by atoms with E-state index < -0.39 is 5.91 Å². The number of fused-ring (bicyclic) bond motifs is 2. The minimum absolute atomic E-state index is 0.150. The highest BCUT2D eigenvalue weighted by molar-refractivity contribution is 5.94. The lowest BCUT2D eigenvalue weighted by atomic mass is 10.1. The molecule has 1 aliphatic heterocycles. The molecule has 2 aliphatic rings. The molecule has 0 bridgehead atoms. The lowest BCUT2D eigenvalue weighted by molar-refractivity contribution is 0.0767. The highest BCUT2D eigenvalue weighted by Gasteiger charge is 2.55. The SMILES string of the molecule is NC(=O)c1ccc2nc(CCC3C4CN(C(=O)c5ccccc5)CC34)cn2c1. The fourth-order valence-electron chi connectivity index (χ4n) is 4.63. The highest BCUT2D eigenvalue weighted by atomic mass is 16.2. The molecule has 2 amide bonds. The third-order valence-corrected chi connectivity index (χ3v) is 6.20. The summed E-state index contributed by atoms with van der Waals surface area (Å²) in [5, 5.41) is 0. The smallest absolute Gasteiger partial charge is 0.253 e. The van der Waals surface area contributed by atoms with Gasteiger partial charge in [0.25, 0.3) is 5.91 Å². The minimum Gasteiger partial charge on any atom is -0.366 e. The molecule has 2 aromatic heterocycles. The molecule has 2 fully saturated rings. The van der Waals surface area contributed by atoms with Crippen molar-refractivity contribution in [3.8, 4) is 0 Å². The number of pyridine rings is 1. The quantitative estimate of drug-likeness (QED) is 0.745. The highest BCUT2D eigenvalue weighted by Crippen LogP contribution is 2.54. The number of benzene rings is 1. The standard InChI is InChI=1S/C22H22N4O2/c23-21(27)15-6-9-20-24-16(11-25(20)10-15)7-8-17-18-12-26(13-19(17)18)22(28)14-4-2-1-3-5-14/h1-6,9-11,17-19H,7-8,12-13H2,(H2,23,27). The number of hydrogen-bond acceptors (Lipinski definition) is 3. The van der Waals surface area contributed by atoms with Crippen molar-refractivity contribution in [1.29, 1.82) is 0 Å². The molecule has 142 valence electrons. The van der Waals surface area contributed by atoms with E-state index in [-0.39, 0.29) is 5.91 Å². The molecule has 2 atom stereocenters. The minimum atomic E-state index is -0.433. The van der Waals surface area contributed by atoms with Crippen LogP contribution in [0, 0.1) is 17.8 Å². The maximum atomic E-state index is 12.6. The Bertz CT molecular complexity index is 1050. The molecule has 28 heavy (non-hydrogen) atoms. The van der Waals surface area contributed by atoms with Crippen molar-refractivity contribution < 1.29 is 9.59 Å². The number of hydrogen-bond donors (Lipinski definition) is 1. The molecule has 6 nitrogen and oxygen atoms in total. The van der Waals surface area contributed by atoms with Crippen LogP contribution in [0.15, 0.2) is 54.9 Å². The van der Waals surface area contributed by atoms with Crippen molar-refractivity contribution in [2.24, 2.45) is 23.5 Å². The fraction of sp³-hybridized carbons (Fsp3) is 0.318. The largest absolute Gasteiger partial charge is 0.366 e. The van der Waals surface area contributed by atoms with E-state index in [1.807, 2.05) is 51.9 Å². The molecule has 2 unspecified atom stereocenters. The van der Waals surface area contributed by atoms with E-state index in [9.17, 15) is 9.59 Å². The van der Waals surface area contributed by atoms with E-state index in [1.165, 1.54) is 0 Å². The molecular formula is C22H22N4O2. The zero-order valence-electron chi connectivity index (χ0n) is 15.5. The van der Waals surface area contributed by atoms with Crippen molar-refractivity contribution in [1.82, 2.24) is 14.3 Å². The Labute approximate surface area is 163 Å². The van der Waals surface area contributed by atoms with E-state index in [0.717, 1.165) is 42.8 Å². The second-order valence-electron chi connectivity index (χ2n) is 7.89. The first-order chi connectivity index (χ1) is 13.6. The number of primary amides is 1. The second-order valence-corrected chi connectivity index (χ2v) is 7.89. The number of carbonyl (C=O) groups is 2. The first-order valence-electron chi connectivity index (χ1n) is 9.72. The van der Waals surface area contributed by atoms with Crippen LogP contribution < -0.4 is 5.73 Å². The van der Waals surface area contributed by atoms with Crippen LogP contribution in [0.2, 0.25) is 0 Å². The van der Waals surface area contributed by atoms with Gasteiger partial charge in [0.15, 0.2) is 0 Å². The van der Waals surface area contributed by atoms with Gasteiger partial charge in [-0.25, -0.2) is 4.98 Å². The molecule has 3 aromatic rings. The summed E-state index contributed by atoms with van der Waals surface area (Å²) in [6, 6.07) is 13.1. The summed E-state index contributed by atoms with van der Waals surface area (Å²) < 4.78 is 1.86. The summed E-state index contributed by atoms with van der Waals surface area (Å²) in [6.45, 7) is 1.74. The summed E-state index contributed by atoms with van der Waals surface area (Å²) in [7, 11) is 0. The number of aryl methyl sites for hydroxylation is 1. The molecule has 6 heteroatoms. The Balaban J connectivity index is 1.17. The van der Waals surface area contributed by atoms with Crippen LogP contribution in [0.3, 0.4) is 0 Å². The number of piperidine rings is 1. The molecule has 5 rings (SSSR count). The van der Waals surface area contributed by atoms with Gasteiger partial charge in [-0.15, -0.1) is 0 Å². The Morgan fingerprint density at radius 3 is 2.46 bits per heavy atom. The van der Waals surface area contributed by atoms with Gasteiger partial charge in [-0.1, -0.05) is 18.2 Å². The van der Waals surface area contributed by atoms with Crippen molar-refractivity contribution in [3.05, 3.63) is 71.7 Å². The van der Waals surface area contributed by atoms with Crippen LogP contribution >= 0.6 is 0 Å². The van der Waals surface area contributed by atoms with E-state index in [1.54, 1.807) is 12.3 Å². The molecule has 1 saturated carbocycles. The average Bonchev–Trinajstić information content (AvgIpc) is 3.06. The number of imidazole rings is 1. The van der Waals surface area contributed by atoms with Crippen LogP contribution in [0.25, 0.3) is 5.65 Å². The summed E-state index contributed by atoms with van der Waals surface area (Å²) in [6.07, 6.45) is 5.71. The first-order valence-corrected chi connectivity index (χ1v) is 9.72. The van der Waals surface area contributed by atoms with Crippen molar-refractivity contribution in [2.45, 2.75) is 12.8 Å². The molecule has 1 saturated heterocycles. The molecule has 1 aliphatic carbocycles. The van der Waals surface area contributed by atoms with Crippen molar-refractivity contribution in [3.63, 3.8) is 0 Å². The lowest BCUT2D eigenvalue weighted by Crippen LogP contribution is -2.31. The van der Waals surface area contributed by atoms with Crippen molar-refractivity contribution >= 4 is 17.5 Å². The van der Waals surface area contributed by atoms with Gasteiger partial charge in [-0.3, -0.25) is 9.59 Å². The number of amides is 2. The zero-order valence-corrected chi connectivity index (χ0v) is 15.5. The molecule has 2 N–H and O–H groups in total. The van der Waals surface area contributed by atoms with Crippen LogP contribution in [0.1, 0.15) is 32.8 Å². The average molecular weight is 374 g/mol. The zero-order chi connectivity index (χ0) is 19.3. The van der Waals surface area contributed by atoms with Crippen LogP contribution in [-0.4, -0.2) is 39.2 Å². The summed E-state index contributed by atoms with van der Waals surface area (Å²) in [4.78, 5) is 30.5. The Morgan fingerprint density at radius 2 is 1.75 bits per heavy atom. The van der Waals surface area contributed by atoms with Gasteiger partial charge in [0, 0.05) is 31.0 Å². The molecular weight excluding hydrogens is 352 g/mol. The van der Waals surface area contributed by atoms with Gasteiger partial charge in [-0.05, 0) is 54.9 Å². The number of aromatic nitrogens is 2. The number of rotatable bonds is 5. The van der Waals surface area contributed by atoms with Crippen LogP contribution in [0.4, 0.5) is 0 Å². The van der Waals surface area contributed by atoms with E-state index >= 15 is 0 Å². The third kappa shape index (κ3) is 2.95. The Morgan fingerprint density at radius 1 is 1.00 bits per heavy atom. The first kappa shape index (κ1) is 17.0. The topological polar surface area (TPSA) is 80.7 Å². The summed E-state index contributed by atoms with van der Waals surface area (Å²) in [5.41, 5.74) is 8.46. The summed E-state index contributed by atoms with van der Waals surface area (Å²) in [5.74, 6) is 1.66. The van der Waals surface area contributed by atoms with Gasteiger partial charge in [0.05, 0.1) is 11.3 Å². The van der Waals surface area contributed by atoms with Gasteiger partial charge in [0.1, 0.15) is 5.65 Å². The Hall–Kier alpha value is -3.15. The lowest BCUT2D eigenvalue weighted by Gasteiger charge is -2.19. The Kier molecular flexibility index (Phi) is 3.93. The number of nitrogens with two attached hydrogens (primary N) is 1. The number of likely N-dealkylation sites (tertiary alicyclic amines) is 1. The van der Waals surface area contributed by atoms with Gasteiger partial charge in [0.2, 0.25) is 5.91 Å². The monoisotopic (exact) mass is 374 g/mol. The molecule has 0 spiro atoms. The molecule has 3 heterocycles. The van der Waals surface area contributed by atoms with E-state index in [2.05, 4.69) is 4.98 Å². The molecule has 0 radical (unpaired) electrons. The van der Waals surface area contributed by atoms with Gasteiger partial charge in [-0.2, -0.15) is 0 Å². The predicted molar refractivity (Wildman–Crippen MR) is 105 cm³/mol. The third-order valence-electron chi connectivity index (χ3n) is 6.20. The second kappa shape index (κ2) is 6.48. The summed E-state index contributed by atoms with van der Waals surface area (Å²) >= 11 is 0. The van der Waals surface area contributed by atoms with Crippen molar-refractivity contribution in [2.75, 3.05) is 13.1 Å². The van der Waals surface area contributed by atoms with E-state index in [0.29, 0.717) is 23.3 Å². The van der Waals surface area contributed by atoms with E-state index in [4.69, 9.17) is 5.73 Å². The number of nitrogens with zero attached hydrogens (tertiary/aromatic N) is 3. The van der Waals surface area contributed by atoms with Gasteiger partial charge < -0.3 is 15.0 Å². The normalized spacial score (nSPS) is 23.0. The van der Waals surface area contributed by atoms with Gasteiger partial charge >= 0.3 is 0 Å². The van der Waals surface area contributed by atoms with Crippen LogP contribution in [-0.2, 0) is 6.42 Å². The maximum absolute atomic E-state index is 12.6. The molecule has 1 aromatic carbocycles. The fourth-order valence-corrected chi connectivity index (χ4v) is 4.63.